The third-order valence-electron chi connectivity index (χ3n) is 8.31. The van der Waals surface area contributed by atoms with Crippen molar-refractivity contribution >= 4 is 40.4 Å². The summed E-state index contributed by atoms with van der Waals surface area (Å²) in [5.74, 6) is -0.137. The van der Waals surface area contributed by atoms with Crippen LogP contribution in [0, 0.1) is 47.6 Å². The number of ketones is 1. The SMILES string of the molecule is Cc1cc(C)c(C2C(C#N)=C(N)N(c3ccc(Cl)cc3[N+](=O)[O-])C3=C2C(=O)CC(C)(C)C3)cc1COc1ccc(Cl)cc1C. The fourth-order valence-electron chi connectivity index (χ4n) is 6.24. The second-order valence-electron chi connectivity index (χ2n) is 12.2. The van der Waals surface area contributed by atoms with Crippen LogP contribution in [0.4, 0.5) is 11.4 Å². The number of aryl methyl sites for hydroxylation is 3. The Kier molecular flexibility index (Phi) is 8.23. The molecule has 1 aliphatic carbocycles. The van der Waals surface area contributed by atoms with Crippen molar-refractivity contribution in [2.24, 2.45) is 11.1 Å². The zero-order valence-electron chi connectivity index (χ0n) is 25.1. The first-order valence-corrected chi connectivity index (χ1v) is 14.9. The third-order valence-corrected chi connectivity index (χ3v) is 8.78. The van der Waals surface area contributed by atoms with Crippen LogP contribution in [-0.2, 0) is 11.4 Å². The lowest BCUT2D eigenvalue weighted by molar-refractivity contribution is -0.384. The van der Waals surface area contributed by atoms with E-state index in [9.17, 15) is 20.2 Å². The van der Waals surface area contributed by atoms with Gasteiger partial charge in [0.15, 0.2) is 5.78 Å². The Morgan fingerprint density at radius 3 is 2.39 bits per heavy atom. The summed E-state index contributed by atoms with van der Waals surface area (Å²) in [6, 6.07) is 16.0. The molecule has 2 aliphatic rings. The van der Waals surface area contributed by atoms with Gasteiger partial charge >= 0.3 is 0 Å². The van der Waals surface area contributed by atoms with Crippen LogP contribution in [0.2, 0.25) is 10.0 Å². The number of nitrogens with zero attached hydrogens (tertiary/aromatic N) is 3. The number of halogens is 2. The monoisotopic (exact) mass is 630 g/mol. The van der Waals surface area contributed by atoms with Crippen molar-refractivity contribution < 1.29 is 14.5 Å². The first kappa shape index (κ1) is 31.1. The summed E-state index contributed by atoms with van der Waals surface area (Å²) in [5, 5.41) is 23.5. The fraction of sp³-hybridized carbons (Fsp3) is 0.294. The molecule has 3 aromatic rings. The normalized spacial score (nSPS) is 17.8. The van der Waals surface area contributed by atoms with Crippen molar-refractivity contribution in [3.63, 3.8) is 0 Å². The van der Waals surface area contributed by atoms with Crippen LogP contribution < -0.4 is 15.4 Å². The molecule has 0 bridgehead atoms. The van der Waals surface area contributed by atoms with Crippen LogP contribution in [0.25, 0.3) is 0 Å². The molecule has 1 heterocycles. The summed E-state index contributed by atoms with van der Waals surface area (Å²) in [7, 11) is 0. The molecule has 2 N–H and O–H groups in total. The summed E-state index contributed by atoms with van der Waals surface area (Å²) < 4.78 is 6.17. The van der Waals surface area contributed by atoms with Gasteiger partial charge in [0.2, 0.25) is 0 Å². The smallest absolute Gasteiger partial charge is 0.294 e. The number of anilines is 1. The molecular weight excluding hydrogens is 599 g/mol. The van der Waals surface area contributed by atoms with Gasteiger partial charge in [0, 0.05) is 33.8 Å². The van der Waals surface area contributed by atoms with Crippen molar-refractivity contribution in [1.82, 2.24) is 0 Å². The molecule has 0 aromatic heterocycles. The number of nitro benzene ring substituents is 1. The number of Topliss-reactive ketones (excluding diaryl/α,β-unsaturated/α-hetero) is 1. The summed E-state index contributed by atoms with van der Waals surface area (Å²) >= 11 is 12.2. The molecule has 8 nitrogen and oxygen atoms in total. The van der Waals surface area contributed by atoms with Crippen LogP contribution in [0.3, 0.4) is 0 Å². The molecular formula is C34H32Cl2N4O4. The van der Waals surface area contributed by atoms with E-state index in [1.54, 1.807) is 6.07 Å². The zero-order valence-corrected chi connectivity index (χ0v) is 26.6. The van der Waals surface area contributed by atoms with E-state index in [4.69, 9.17) is 33.7 Å². The number of hydrogen-bond donors (Lipinski definition) is 1. The Balaban J connectivity index is 1.70. The number of benzene rings is 3. The maximum Gasteiger partial charge on any atom is 0.294 e. The van der Waals surface area contributed by atoms with Crippen molar-refractivity contribution in [2.75, 3.05) is 4.90 Å². The molecule has 0 saturated carbocycles. The molecule has 226 valence electrons. The molecule has 1 aliphatic heterocycles. The third kappa shape index (κ3) is 5.66. The Morgan fingerprint density at radius 2 is 1.73 bits per heavy atom. The van der Waals surface area contributed by atoms with Crippen molar-refractivity contribution in [2.45, 2.75) is 60.0 Å². The van der Waals surface area contributed by atoms with Gasteiger partial charge in [-0.3, -0.25) is 19.8 Å². The highest BCUT2D eigenvalue weighted by Crippen LogP contribution is 2.52. The average molecular weight is 632 g/mol. The van der Waals surface area contributed by atoms with E-state index in [1.807, 2.05) is 58.9 Å². The van der Waals surface area contributed by atoms with E-state index in [-0.39, 0.29) is 46.6 Å². The minimum Gasteiger partial charge on any atom is -0.489 e. The Morgan fingerprint density at radius 1 is 1.05 bits per heavy atom. The van der Waals surface area contributed by atoms with Gasteiger partial charge in [-0.05, 0) is 90.8 Å². The lowest BCUT2D eigenvalue weighted by Crippen LogP contribution is -2.42. The standard InChI is InChI=1S/C34H32Cl2N4O4/c1-18-10-19(2)24(12-21(18)17-44-30-9-7-22(35)11-20(30)3)31-25(16-37)33(38)39(26-8-6-23(36)13-27(26)40(42)43)28-14-34(4,5)15-29(41)32(28)31/h6-13,31H,14-15,17,38H2,1-5H3. The van der Waals surface area contributed by atoms with E-state index < -0.39 is 16.3 Å². The zero-order chi connectivity index (χ0) is 32.1. The fourth-order valence-corrected chi connectivity index (χ4v) is 6.63. The first-order chi connectivity index (χ1) is 20.7. The molecule has 44 heavy (non-hydrogen) atoms. The van der Waals surface area contributed by atoms with E-state index in [0.717, 1.165) is 27.8 Å². The molecule has 0 amide bonds. The highest BCUT2D eigenvalue weighted by atomic mass is 35.5. The van der Waals surface area contributed by atoms with Gasteiger partial charge in [-0.1, -0.05) is 49.2 Å². The van der Waals surface area contributed by atoms with Gasteiger partial charge in [0.25, 0.3) is 5.69 Å². The lowest BCUT2D eigenvalue weighted by Gasteiger charge is -2.43. The minimum atomic E-state index is -0.752. The second kappa shape index (κ2) is 11.6. The highest BCUT2D eigenvalue weighted by Gasteiger charge is 2.46. The molecule has 10 heteroatoms. The van der Waals surface area contributed by atoms with E-state index in [1.165, 1.54) is 23.1 Å². The van der Waals surface area contributed by atoms with Crippen LogP contribution in [0.5, 0.6) is 5.75 Å². The molecule has 0 radical (unpaired) electrons. The van der Waals surface area contributed by atoms with Crippen LogP contribution in [0.1, 0.15) is 60.4 Å². The van der Waals surface area contributed by atoms with E-state index in [0.29, 0.717) is 28.5 Å². The number of nitro groups is 1. The maximum atomic E-state index is 14.0. The number of rotatable bonds is 6. The van der Waals surface area contributed by atoms with E-state index in [2.05, 4.69) is 6.07 Å². The number of carbonyl (C=O) groups is 1. The van der Waals surface area contributed by atoms with Crippen molar-refractivity contribution in [3.8, 4) is 11.8 Å². The Bertz CT molecular complexity index is 1840. The van der Waals surface area contributed by atoms with Crippen LogP contribution in [0.15, 0.2) is 71.2 Å². The highest BCUT2D eigenvalue weighted by molar-refractivity contribution is 6.31. The van der Waals surface area contributed by atoms with Crippen LogP contribution in [-0.4, -0.2) is 10.7 Å². The van der Waals surface area contributed by atoms with Crippen molar-refractivity contribution in [1.29, 1.82) is 5.26 Å². The molecule has 5 rings (SSSR count). The van der Waals surface area contributed by atoms with Crippen LogP contribution >= 0.6 is 23.2 Å². The number of hydrogen-bond acceptors (Lipinski definition) is 7. The predicted molar refractivity (Wildman–Crippen MR) is 172 cm³/mol. The molecule has 0 spiro atoms. The number of ether oxygens (including phenoxy) is 1. The van der Waals surface area contributed by atoms with Crippen molar-refractivity contribution in [3.05, 3.63) is 119 Å². The minimum absolute atomic E-state index is 0.0433. The van der Waals surface area contributed by atoms with Gasteiger partial charge in [-0.25, -0.2) is 0 Å². The molecule has 3 aromatic carbocycles. The summed E-state index contributed by atoms with van der Waals surface area (Å²) in [6.07, 6.45) is 0.675. The molecule has 1 atom stereocenters. The quantitative estimate of drug-likeness (QED) is 0.214. The largest absolute Gasteiger partial charge is 0.489 e. The van der Waals surface area contributed by atoms with Gasteiger partial charge in [-0.15, -0.1) is 0 Å². The molecule has 0 saturated heterocycles. The second-order valence-corrected chi connectivity index (χ2v) is 13.1. The lowest BCUT2D eigenvalue weighted by atomic mass is 9.68. The Hall–Kier alpha value is -4.32. The topological polar surface area (TPSA) is 122 Å². The van der Waals surface area contributed by atoms with E-state index >= 15 is 0 Å². The molecule has 0 fully saturated rings. The number of carbonyl (C=O) groups excluding carboxylic acids is 1. The summed E-state index contributed by atoms with van der Waals surface area (Å²) in [4.78, 5) is 27.1. The number of allylic oxidation sites excluding steroid dienone is 3. The van der Waals surface area contributed by atoms with Gasteiger partial charge in [-0.2, -0.15) is 5.26 Å². The first-order valence-electron chi connectivity index (χ1n) is 14.1. The van der Waals surface area contributed by atoms with Gasteiger partial charge in [0.05, 0.1) is 22.5 Å². The number of nitrogens with two attached hydrogens (primary N) is 1. The predicted octanol–water partition coefficient (Wildman–Crippen LogP) is 8.35. The van der Waals surface area contributed by atoms with Gasteiger partial charge < -0.3 is 10.5 Å². The number of nitriles is 1. The summed E-state index contributed by atoms with van der Waals surface area (Å²) in [5.41, 5.74) is 11.7. The average Bonchev–Trinajstić information content (AvgIpc) is 2.92. The van der Waals surface area contributed by atoms with Gasteiger partial charge in [0.1, 0.15) is 23.9 Å². The maximum absolute atomic E-state index is 14.0. The Labute approximate surface area is 266 Å². The summed E-state index contributed by atoms with van der Waals surface area (Å²) in [6.45, 7) is 10.1. The molecule has 1 unspecified atom stereocenters.